The molecular weight excluding hydrogens is 283 g/mol. The number of hydrogen-bond acceptors (Lipinski definition) is 4. The average Bonchev–Trinajstić information content (AvgIpc) is 2.49. The minimum atomic E-state index is -0.427. The Balaban J connectivity index is 1.68. The molecule has 1 atom stereocenters. The Morgan fingerprint density at radius 2 is 1.91 bits per heavy atom. The summed E-state index contributed by atoms with van der Waals surface area (Å²) in [6.45, 7) is 6.91. The largest absolute Gasteiger partial charge is 0.389 e. The molecule has 0 bridgehead atoms. The Labute approximate surface area is 132 Å². The lowest BCUT2D eigenvalue weighted by Crippen LogP contribution is -2.43. The van der Waals surface area contributed by atoms with Crippen molar-refractivity contribution in [1.82, 2.24) is 4.90 Å². The van der Waals surface area contributed by atoms with Crippen LogP contribution in [0.1, 0.15) is 26.7 Å². The Morgan fingerprint density at radius 1 is 1.27 bits per heavy atom. The van der Waals surface area contributed by atoms with Crippen LogP contribution in [0.5, 0.6) is 0 Å². The van der Waals surface area contributed by atoms with E-state index in [2.05, 4.69) is 10.2 Å². The van der Waals surface area contributed by atoms with Gasteiger partial charge in [0.1, 0.15) is 5.82 Å². The van der Waals surface area contributed by atoms with Crippen LogP contribution in [0, 0.1) is 5.82 Å². The second-order valence-corrected chi connectivity index (χ2v) is 6.26. The lowest BCUT2D eigenvalue weighted by molar-refractivity contribution is -0.0108. The van der Waals surface area contributed by atoms with Crippen molar-refractivity contribution in [3.05, 3.63) is 30.1 Å². The van der Waals surface area contributed by atoms with Gasteiger partial charge < -0.3 is 20.1 Å². The molecule has 0 aliphatic carbocycles. The van der Waals surface area contributed by atoms with Gasteiger partial charge >= 0.3 is 0 Å². The number of β-amino-alcohol motifs (C(OH)–C–C–N with tert-alkyl or cyclic N) is 1. The van der Waals surface area contributed by atoms with E-state index in [4.69, 9.17) is 4.74 Å². The smallest absolute Gasteiger partial charge is 0.123 e. The average molecular weight is 310 g/mol. The number of likely N-dealkylation sites (tertiary alicyclic amines) is 1. The fraction of sp³-hybridized carbons (Fsp3) is 0.647. The number of piperidine rings is 1. The topological polar surface area (TPSA) is 44.7 Å². The molecule has 0 radical (unpaired) electrons. The van der Waals surface area contributed by atoms with Crippen LogP contribution < -0.4 is 5.32 Å². The fourth-order valence-corrected chi connectivity index (χ4v) is 2.70. The minimum Gasteiger partial charge on any atom is -0.389 e. The molecule has 0 aromatic heterocycles. The molecule has 1 aromatic carbocycles. The molecule has 0 spiro atoms. The highest BCUT2D eigenvalue weighted by Crippen LogP contribution is 2.17. The number of aliphatic hydroxyl groups is 1. The van der Waals surface area contributed by atoms with Gasteiger partial charge in [0.15, 0.2) is 0 Å². The first kappa shape index (κ1) is 17.2. The summed E-state index contributed by atoms with van der Waals surface area (Å²) >= 11 is 0. The number of aliphatic hydroxyl groups excluding tert-OH is 1. The maximum absolute atomic E-state index is 12.9. The maximum Gasteiger partial charge on any atom is 0.123 e. The van der Waals surface area contributed by atoms with Gasteiger partial charge in [0, 0.05) is 31.4 Å². The summed E-state index contributed by atoms with van der Waals surface area (Å²) < 4.78 is 18.3. The quantitative estimate of drug-likeness (QED) is 0.812. The maximum atomic E-state index is 12.9. The first-order valence-electron chi connectivity index (χ1n) is 8.07. The SMILES string of the molecule is CC(C)OCC(O)CN1CCC(Nc2ccc(F)cc2)CC1. The molecule has 5 heteroatoms. The fourth-order valence-electron chi connectivity index (χ4n) is 2.70. The predicted molar refractivity (Wildman–Crippen MR) is 86.6 cm³/mol. The summed E-state index contributed by atoms with van der Waals surface area (Å²) in [5.74, 6) is -0.210. The van der Waals surface area contributed by atoms with Crippen molar-refractivity contribution in [2.24, 2.45) is 0 Å². The third-order valence-corrected chi connectivity index (χ3v) is 3.89. The lowest BCUT2D eigenvalue weighted by Gasteiger charge is -2.34. The second kappa shape index (κ2) is 8.46. The predicted octanol–water partition coefficient (Wildman–Crippen LogP) is 2.49. The van der Waals surface area contributed by atoms with Crippen molar-refractivity contribution in [3.8, 4) is 0 Å². The number of nitrogens with zero attached hydrogens (tertiary/aromatic N) is 1. The van der Waals surface area contributed by atoms with Crippen LogP contribution in [-0.4, -0.2) is 54.5 Å². The molecular formula is C17H27FN2O2. The summed E-state index contributed by atoms with van der Waals surface area (Å²) in [7, 11) is 0. The second-order valence-electron chi connectivity index (χ2n) is 6.26. The van der Waals surface area contributed by atoms with Gasteiger partial charge in [-0.2, -0.15) is 0 Å². The highest BCUT2D eigenvalue weighted by molar-refractivity contribution is 5.43. The number of halogens is 1. The van der Waals surface area contributed by atoms with Gasteiger partial charge in [-0.3, -0.25) is 0 Å². The van der Waals surface area contributed by atoms with Crippen LogP contribution in [0.2, 0.25) is 0 Å². The molecule has 124 valence electrons. The van der Waals surface area contributed by atoms with E-state index in [9.17, 15) is 9.50 Å². The highest BCUT2D eigenvalue weighted by Gasteiger charge is 2.21. The molecule has 2 N–H and O–H groups in total. The molecule has 4 nitrogen and oxygen atoms in total. The van der Waals surface area contributed by atoms with Crippen LogP contribution in [0.4, 0.5) is 10.1 Å². The Kier molecular flexibility index (Phi) is 6.61. The summed E-state index contributed by atoms with van der Waals surface area (Å²) in [5.41, 5.74) is 0.963. The van der Waals surface area contributed by atoms with E-state index in [0.717, 1.165) is 31.6 Å². The highest BCUT2D eigenvalue weighted by atomic mass is 19.1. The number of rotatable bonds is 7. The van der Waals surface area contributed by atoms with Crippen molar-refractivity contribution in [2.75, 3.05) is 31.6 Å². The van der Waals surface area contributed by atoms with Crippen LogP contribution in [-0.2, 0) is 4.74 Å². The molecule has 2 rings (SSSR count). The number of anilines is 1. The van der Waals surface area contributed by atoms with E-state index in [0.29, 0.717) is 19.2 Å². The number of nitrogens with one attached hydrogen (secondary N) is 1. The zero-order valence-corrected chi connectivity index (χ0v) is 13.5. The molecule has 0 saturated carbocycles. The Bertz CT molecular complexity index is 431. The van der Waals surface area contributed by atoms with Crippen molar-refractivity contribution in [2.45, 2.75) is 44.9 Å². The summed E-state index contributed by atoms with van der Waals surface area (Å²) in [4.78, 5) is 2.27. The van der Waals surface area contributed by atoms with Crippen LogP contribution in [0.25, 0.3) is 0 Å². The Morgan fingerprint density at radius 3 is 2.50 bits per heavy atom. The molecule has 1 aliphatic heterocycles. The van der Waals surface area contributed by atoms with Gasteiger partial charge in [-0.25, -0.2) is 4.39 Å². The van der Waals surface area contributed by atoms with Gasteiger partial charge in [0.2, 0.25) is 0 Å². The van der Waals surface area contributed by atoms with Gasteiger partial charge in [-0.05, 0) is 51.0 Å². The third kappa shape index (κ3) is 5.91. The van der Waals surface area contributed by atoms with E-state index in [1.165, 1.54) is 12.1 Å². The van der Waals surface area contributed by atoms with E-state index in [1.54, 1.807) is 12.1 Å². The van der Waals surface area contributed by atoms with Gasteiger partial charge in [-0.15, -0.1) is 0 Å². The standard InChI is InChI=1S/C17H27FN2O2/c1-13(2)22-12-17(21)11-20-9-7-16(8-10-20)19-15-5-3-14(18)4-6-15/h3-6,13,16-17,19,21H,7-12H2,1-2H3. The molecule has 1 heterocycles. The molecule has 1 saturated heterocycles. The van der Waals surface area contributed by atoms with E-state index >= 15 is 0 Å². The van der Waals surface area contributed by atoms with Gasteiger partial charge in [0.05, 0.1) is 18.8 Å². The first-order chi connectivity index (χ1) is 10.5. The van der Waals surface area contributed by atoms with E-state index in [1.807, 2.05) is 13.8 Å². The lowest BCUT2D eigenvalue weighted by atomic mass is 10.0. The van der Waals surface area contributed by atoms with Crippen molar-refractivity contribution in [1.29, 1.82) is 0 Å². The number of ether oxygens (including phenoxy) is 1. The summed E-state index contributed by atoms with van der Waals surface area (Å²) in [6.07, 6.45) is 1.77. The normalized spacial score (nSPS) is 18.6. The third-order valence-electron chi connectivity index (χ3n) is 3.89. The zero-order chi connectivity index (χ0) is 15.9. The first-order valence-corrected chi connectivity index (χ1v) is 8.07. The zero-order valence-electron chi connectivity index (χ0n) is 13.5. The monoisotopic (exact) mass is 310 g/mol. The van der Waals surface area contributed by atoms with E-state index < -0.39 is 6.10 Å². The molecule has 1 fully saturated rings. The molecule has 1 aromatic rings. The minimum absolute atomic E-state index is 0.153. The molecule has 1 aliphatic rings. The van der Waals surface area contributed by atoms with E-state index in [-0.39, 0.29) is 11.9 Å². The molecule has 0 amide bonds. The molecule has 22 heavy (non-hydrogen) atoms. The van der Waals surface area contributed by atoms with Crippen LogP contribution in [0.3, 0.4) is 0 Å². The van der Waals surface area contributed by atoms with Crippen molar-refractivity contribution < 1.29 is 14.2 Å². The van der Waals surface area contributed by atoms with Crippen molar-refractivity contribution >= 4 is 5.69 Å². The van der Waals surface area contributed by atoms with Crippen LogP contribution in [0.15, 0.2) is 24.3 Å². The van der Waals surface area contributed by atoms with Gasteiger partial charge in [-0.1, -0.05) is 0 Å². The van der Waals surface area contributed by atoms with Crippen LogP contribution >= 0.6 is 0 Å². The summed E-state index contributed by atoms with van der Waals surface area (Å²) in [6, 6.07) is 6.90. The summed E-state index contributed by atoms with van der Waals surface area (Å²) in [5, 5.41) is 13.4. The van der Waals surface area contributed by atoms with Crippen molar-refractivity contribution in [3.63, 3.8) is 0 Å². The number of hydrogen-bond donors (Lipinski definition) is 2. The van der Waals surface area contributed by atoms with Gasteiger partial charge in [0.25, 0.3) is 0 Å². The number of benzene rings is 1. The Hall–Kier alpha value is -1.17. The molecule has 1 unspecified atom stereocenters.